The number of hydrogen-bond donors (Lipinski definition) is 1. The Labute approximate surface area is 96.1 Å². The van der Waals surface area contributed by atoms with E-state index in [1.807, 2.05) is 25.1 Å². The summed E-state index contributed by atoms with van der Waals surface area (Å²) in [6, 6.07) is 5.70. The maximum Gasteiger partial charge on any atom is 0.313 e. The van der Waals surface area contributed by atoms with E-state index in [4.69, 9.17) is 4.74 Å². The van der Waals surface area contributed by atoms with E-state index in [0.717, 1.165) is 17.5 Å². The molecule has 0 atom stereocenters. The van der Waals surface area contributed by atoms with Crippen molar-refractivity contribution in [3.8, 4) is 5.75 Å². The summed E-state index contributed by atoms with van der Waals surface area (Å²) in [5.41, 5.74) is 0.906. The van der Waals surface area contributed by atoms with Crippen molar-refractivity contribution < 1.29 is 14.6 Å². The minimum Gasteiger partial charge on any atom is -0.496 e. The van der Waals surface area contributed by atoms with Crippen LogP contribution in [0.15, 0.2) is 18.2 Å². The van der Waals surface area contributed by atoms with Crippen LogP contribution in [0.5, 0.6) is 5.75 Å². The molecule has 0 amide bonds. The molecule has 0 aromatic heterocycles. The Balaban J connectivity index is 3.34. The average molecular weight is 222 g/mol. The first-order valence-corrected chi connectivity index (χ1v) is 5.34. The summed E-state index contributed by atoms with van der Waals surface area (Å²) < 4.78 is 5.22. The van der Waals surface area contributed by atoms with Gasteiger partial charge in [-0.2, -0.15) is 0 Å². The third kappa shape index (κ3) is 2.18. The highest BCUT2D eigenvalue weighted by Crippen LogP contribution is 2.32. The monoisotopic (exact) mass is 222 g/mol. The standard InChI is InChI=1S/C13H18O3/c1-5-9-6-7-11(16-4)10(8-9)13(2,3)12(14)15/h6-8H,5H2,1-4H3,(H,14,15). The first-order chi connectivity index (χ1) is 7.43. The number of rotatable bonds is 4. The van der Waals surface area contributed by atoms with Crippen molar-refractivity contribution in [1.82, 2.24) is 0 Å². The molecule has 0 aliphatic carbocycles. The molecule has 0 unspecified atom stereocenters. The van der Waals surface area contributed by atoms with Crippen molar-refractivity contribution in [2.75, 3.05) is 7.11 Å². The van der Waals surface area contributed by atoms with Gasteiger partial charge >= 0.3 is 5.97 Å². The molecule has 1 N–H and O–H groups in total. The topological polar surface area (TPSA) is 46.5 Å². The molecule has 3 nitrogen and oxygen atoms in total. The third-order valence-corrected chi connectivity index (χ3v) is 2.88. The number of carboxylic acids is 1. The quantitative estimate of drug-likeness (QED) is 0.851. The van der Waals surface area contributed by atoms with Crippen LogP contribution in [0.3, 0.4) is 0 Å². The lowest BCUT2D eigenvalue weighted by atomic mass is 9.83. The number of carbonyl (C=O) groups is 1. The summed E-state index contributed by atoms with van der Waals surface area (Å²) in [6.07, 6.45) is 0.882. The number of carboxylic acid groups (broad SMARTS) is 1. The van der Waals surface area contributed by atoms with E-state index in [-0.39, 0.29) is 0 Å². The summed E-state index contributed by atoms with van der Waals surface area (Å²) >= 11 is 0. The zero-order chi connectivity index (χ0) is 12.3. The van der Waals surface area contributed by atoms with Gasteiger partial charge in [-0.05, 0) is 31.9 Å². The predicted molar refractivity (Wildman–Crippen MR) is 63.0 cm³/mol. The number of hydrogen-bond acceptors (Lipinski definition) is 2. The maximum atomic E-state index is 11.2. The first kappa shape index (κ1) is 12.6. The molecular formula is C13H18O3. The molecule has 16 heavy (non-hydrogen) atoms. The lowest BCUT2D eigenvalue weighted by Gasteiger charge is -2.23. The van der Waals surface area contributed by atoms with Gasteiger partial charge in [0.1, 0.15) is 5.75 Å². The van der Waals surface area contributed by atoms with E-state index in [9.17, 15) is 9.90 Å². The van der Waals surface area contributed by atoms with Crippen LogP contribution in [0.4, 0.5) is 0 Å². The van der Waals surface area contributed by atoms with Crippen LogP contribution in [0.2, 0.25) is 0 Å². The number of benzene rings is 1. The van der Waals surface area contributed by atoms with E-state index in [0.29, 0.717) is 5.75 Å². The van der Waals surface area contributed by atoms with Gasteiger partial charge in [0.05, 0.1) is 12.5 Å². The zero-order valence-corrected chi connectivity index (χ0v) is 10.2. The smallest absolute Gasteiger partial charge is 0.313 e. The van der Waals surface area contributed by atoms with Gasteiger partial charge in [-0.1, -0.05) is 19.1 Å². The lowest BCUT2D eigenvalue weighted by Crippen LogP contribution is -2.29. The Morgan fingerprint density at radius 2 is 2.06 bits per heavy atom. The third-order valence-electron chi connectivity index (χ3n) is 2.88. The molecule has 0 heterocycles. The predicted octanol–water partition coefficient (Wildman–Crippen LogP) is 2.62. The van der Waals surface area contributed by atoms with Crippen LogP contribution in [0.25, 0.3) is 0 Å². The number of aryl methyl sites for hydroxylation is 1. The largest absolute Gasteiger partial charge is 0.496 e. The van der Waals surface area contributed by atoms with Gasteiger partial charge in [0, 0.05) is 5.56 Å². The molecule has 1 rings (SSSR count). The minimum atomic E-state index is -0.934. The number of ether oxygens (including phenoxy) is 1. The molecule has 3 heteroatoms. The van der Waals surface area contributed by atoms with E-state index in [1.54, 1.807) is 21.0 Å². The van der Waals surface area contributed by atoms with Crippen LogP contribution in [-0.2, 0) is 16.6 Å². The van der Waals surface area contributed by atoms with Crippen LogP contribution in [-0.4, -0.2) is 18.2 Å². The second-order valence-corrected chi connectivity index (χ2v) is 4.32. The van der Waals surface area contributed by atoms with Gasteiger partial charge in [-0.3, -0.25) is 4.79 Å². The normalized spacial score (nSPS) is 11.2. The van der Waals surface area contributed by atoms with Gasteiger partial charge in [-0.25, -0.2) is 0 Å². The molecular weight excluding hydrogens is 204 g/mol. The van der Waals surface area contributed by atoms with Crippen molar-refractivity contribution in [3.05, 3.63) is 29.3 Å². The van der Waals surface area contributed by atoms with E-state index >= 15 is 0 Å². The van der Waals surface area contributed by atoms with Crippen LogP contribution < -0.4 is 4.74 Å². The zero-order valence-electron chi connectivity index (χ0n) is 10.2. The molecule has 0 aliphatic rings. The fourth-order valence-electron chi connectivity index (χ4n) is 1.58. The molecule has 0 bridgehead atoms. The summed E-state index contributed by atoms with van der Waals surface area (Å²) in [5.74, 6) is -0.219. The lowest BCUT2D eigenvalue weighted by molar-refractivity contribution is -0.142. The van der Waals surface area contributed by atoms with E-state index in [2.05, 4.69) is 0 Å². The van der Waals surface area contributed by atoms with Crippen molar-refractivity contribution in [2.24, 2.45) is 0 Å². The number of methoxy groups -OCH3 is 1. The summed E-state index contributed by atoms with van der Waals surface area (Å²) in [5, 5.41) is 9.22. The van der Waals surface area contributed by atoms with Crippen molar-refractivity contribution in [2.45, 2.75) is 32.6 Å². The van der Waals surface area contributed by atoms with Gasteiger partial charge in [0.25, 0.3) is 0 Å². The fraction of sp³-hybridized carbons (Fsp3) is 0.462. The minimum absolute atomic E-state index is 0.629. The van der Waals surface area contributed by atoms with Crippen LogP contribution in [0, 0.1) is 0 Å². The average Bonchev–Trinajstić information content (AvgIpc) is 2.27. The van der Waals surface area contributed by atoms with Crippen molar-refractivity contribution in [3.63, 3.8) is 0 Å². The molecule has 0 fully saturated rings. The van der Waals surface area contributed by atoms with E-state index < -0.39 is 11.4 Å². The molecule has 0 spiro atoms. The van der Waals surface area contributed by atoms with Gasteiger partial charge in [0.15, 0.2) is 0 Å². The highest BCUT2D eigenvalue weighted by Gasteiger charge is 2.32. The molecule has 0 radical (unpaired) electrons. The second kappa shape index (κ2) is 4.56. The van der Waals surface area contributed by atoms with Gasteiger partial charge < -0.3 is 9.84 Å². The van der Waals surface area contributed by atoms with E-state index in [1.165, 1.54) is 0 Å². The van der Waals surface area contributed by atoms with Crippen molar-refractivity contribution in [1.29, 1.82) is 0 Å². The summed E-state index contributed by atoms with van der Waals surface area (Å²) in [4.78, 5) is 11.2. The highest BCUT2D eigenvalue weighted by atomic mass is 16.5. The van der Waals surface area contributed by atoms with Crippen molar-refractivity contribution >= 4 is 5.97 Å². The Kier molecular flexibility index (Phi) is 3.58. The Bertz CT molecular complexity index is 394. The number of aliphatic carboxylic acids is 1. The Morgan fingerprint density at radius 1 is 1.44 bits per heavy atom. The van der Waals surface area contributed by atoms with Gasteiger partial charge in [0.2, 0.25) is 0 Å². The SMILES string of the molecule is CCc1ccc(OC)c(C(C)(C)C(=O)O)c1. The summed E-state index contributed by atoms with van der Waals surface area (Å²) in [6.45, 7) is 5.42. The highest BCUT2D eigenvalue weighted by molar-refractivity contribution is 5.81. The molecule has 88 valence electrons. The Hall–Kier alpha value is -1.51. The van der Waals surface area contributed by atoms with Crippen LogP contribution >= 0.6 is 0 Å². The molecule has 0 aliphatic heterocycles. The molecule has 0 saturated carbocycles. The molecule has 1 aromatic carbocycles. The maximum absolute atomic E-state index is 11.2. The van der Waals surface area contributed by atoms with Crippen LogP contribution in [0.1, 0.15) is 31.9 Å². The molecule has 1 aromatic rings. The second-order valence-electron chi connectivity index (χ2n) is 4.32. The first-order valence-electron chi connectivity index (χ1n) is 5.34. The summed E-state index contributed by atoms with van der Waals surface area (Å²) in [7, 11) is 1.56. The Morgan fingerprint density at radius 3 is 2.50 bits per heavy atom. The molecule has 0 saturated heterocycles. The fourth-order valence-corrected chi connectivity index (χ4v) is 1.58. The van der Waals surface area contributed by atoms with Gasteiger partial charge in [-0.15, -0.1) is 0 Å².